The van der Waals surface area contributed by atoms with Gasteiger partial charge in [-0.1, -0.05) is 12.1 Å². The van der Waals surface area contributed by atoms with Crippen molar-refractivity contribution >= 4 is 27.6 Å². The molecule has 3 heterocycles. The molecule has 7 heteroatoms. The predicted octanol–water partition coefficient (Wildman–Crippen LogP) is 4.64. The molecule has 1 amide bonds. The third-order valence-electron chi connectivity index (χ3n) is 6.34. The molecule has 1 fully saturated rings. The minimum atomic E-state index is -0.114. The van der Waals surface area contributed by atoms with Crippen molar-refractivity contribution in [3.8, 4) is 23.0 Å². The third kappa shape index (κ3) is 3.58. The molecule has 34 heavy (non-hydrogen) atoms. The van der Waals surface area contributed by atoms with Gasteiger partial charge in [-0.2, -0.15) is 0 Å². The molecule has 3 aromatic carbocycles. The molecule has 0 saturated carbocycles. The molecule has 1 saturated heterocycles. The smallest absolute Gasteiger partial charge is 0.251 e. The van der Waals surface area contributed by atoms with E-state index in [-0.39, 0.29) is 12.0 Å². The summed E-state index contributed by atoms with van der Waals surface area (Å²) in [4.78, 5) is 16.8. The van der Waals surface area contributed by atoms with E-state index in [0.29, 0.717) is 42.6 Å². The molecular formula is C27H24N2O5. The molecule has 1 N–H and O–H groups in total. The van der Waals surface area contributed by atoms with Crippen LogP contribution < -0.4 is 19.5 Å². The van der Waals surface area contributed by atoms with Gasteiger partial charge in [0.2, 0.25) is 0 Å². The van der Waals surface area contributed by atoms with Crippen molar-refractivity contribution in [2.45, 2.75) is 18.9 Å². The number of benzene rings is 3. The van der Waals surface area contributed by atoms with Gasteiger partial charge in [0.25, 0.3) is 5.91 Å². The molecule has 1 aromatic heterocycles. The highest BCUT2D eigenvalue weighted by atomic mass is 16.6. The first-order valence-corrected chi connectivity index (χ1v) is 11.5. The van der Waals surface area contributed by atoms with Crippen LogP contribution in [0.3, 0.4) is 0 Å². The molecule has 0 unspecified atom stereocenters. The van der Waals surface area contributed by atoms with Gasteiger partial charge in [-0.15, -0.1) is 0 Å². The van der Waals surface area contributed by atoms with E-state index in [1.54, 1.807) is 13.2 Å². The van der Waals surface area contributed by atoms with Gasteiger partial charge in [0.15, 0.2) is 11.5 Å². The predicted molar refractivity (Wildman–Crippen MR) is 128 cm³/mol. The summed E-state index contributed by atoms with van der Waals surface area (Å²) in [6.45, 7) is 1.90. The van der Waals surface area contributed by atoms with Gasteiger partial charge in [0, 0.05) is 43.3 Å². The van der Waals surface area contributed by atoms with E-state index in [0.717, 1.165) is 45.8 Å². The van der Waals surface area contributed by atoms with E-state index in [2.05, 4.69) is 10.3 Å². The Labute approximate surface area is 196 Å². The zero-order valence-electron chi connectivity index (χ0n) is 18.8. The van der Waals surface area contributed by atoms with Crippen LogP contribution in [0.15, 0.2) is 54.7 Å². The highest BCUT2D eigenvalue weighted by Gasteiger charge is 2.27. The minimum Gasteiger partial charge on any atom is -0.489 e. The maximum atomic E-state index is 12.2. The number of hydrogen-bond donors (Lipinski definition) is 1. The molecule has 7 nitrogen and oxygen atoms in total. The summed E-state index contributed by atoms with van der Waals surface area (Å²) < 4.78 is 24.0. The monoisotopic (exact) mass is 456 g/mol. The standard InChI is InChI=1S/C27H24N2O5/c1-28-27(30)20-4-2-3-16-13-17(5-6-19(16)20)33-23-7-10-29-22-14-24(34-18-8-11-31-15-18)26-21(25(22)23)9-12-32-26/h2-7,10,13-14,18H,8-9,11-12,15H2,1H3,(H,28,30)/t18-/m1/s1. The van der Waals surface area contributed by atoms with Crippen molar-refractivity contribution in [3.05, 3.63) is 65.9 Å². The Morgan fingerprint density at radius 1 is 1.12 bits per heavy atom. The summed E-state index contributed by atoms with van der Waals surface area (Å²) in [7, 11) is 1.63. The van der Waals surface area contributed by atoms with Crippen LogP contribution in [0.1, 0.15) is 22.3 Å². The number of amides is 1. The van der Waals surface area contributed by atoms with Crippen LogP contribution in [0.25, 0.3) is 21.7 Å². The van der Waals surface area contributed by atoms with Crippen molar-refractivity contribution in [3.63, 3.8) is 0 Å². The molecule has 4 aromatic rings. The van der Waals surface area contributed by atoms with Gasteiger partial charge in [0.05, 0.1) is 30.7 Å². The number of rotatable bonds is 5. The maximum absolute atomic E-state index is 12.2. The lowest BCUT2D eigenvalue weighted by molar-refractivity contribution is 0.0964. The first-order chi connectivity index (χ1) is 16.7. The van der Waals surface area contributed by atoms with Gasteiger partial charge in [-0.05, 0) is 41.1 Å². The highest BCUT2D eigenvalue weighted by molar-refractivity contribution is 6.07. The Morgan fingerprint density at radius 2 is 2.06 bits per heavy atom. The molecule has 1 atom stereocenters. The highest BCUT2D eigenvalue weighted by Crippen LogP contribution is 2.45. The largest absolute Gasteiger partial charge is 0.489 e. The van der Waals surface area contributed by atoms with Gasteiger partial charge in [0.1, 0.15) is 17.6 Å². The Morgan fingerprint density at radius 3 is 2.91 bits per heavy atom. The van der Waals surface area contributed by atoms with Crippen LogP contribution in [0.5, 0.6) is 23.0 Å². The average molecular weight is 456 g/mol. The fourth-order valence-electron chi connectivity index (χ4n) is 4.72. The summed E-state index contributed by atoms with van der Waals surface area (Å²) in [6, 6.07) is 15.2. The normalized spacial score (nSPS) is 16.9. The summed E-state index contributed by atoms with van der Waals surface area (Å²) in [5, 5.41) is 5.43. The van der Waals surface area contributed by atoms with Crippen molar-refractivity contribution < 1.29 is 23.7 Å². The van der Waals surface area contributed by atoms with Gasteiger partial charge in [-0.25, -0.2) is 0 Å². The molecular weight excluding hydrogens is 432 g/mol. The summed E-state index contributed by atoms with van der Waals surface area (Å²) >= 11 is 0. The number of fused-ring (bicyclic) bond motifs is 4. The number of nitrogens with zero attached hydrogens (tertiary/aromatic N) is 1. The van der Waals surface area contributed by atoms with Crippen molar-refractivity contribution in [2.75, 3.05) is 26.9 Å². The van der Waals surface area contributed by atoms with Crippen LogP contribution >= 0.6 is 0 Å². The maximum Gasteiger partial charge on any atom is 0.251 e. The first kappa shape index (κ1) is 20.7. The zero-order chi connectivity index (χ0) is 23.1. The zero-order valence-corrected chi connectivity index (χ0v) is 18.8. The third-order valence-corrected chi connectivity index (χ3v) is 6.34. The molecule has 0 aliphatic carbocycles. The Hall–Kier alpha value is -3.84. The molecule has 0 bridgehead atoms. The van der Waals surface area contributed by atoms with E-state index >= 15 is 0 Å². The second-order valence-corrected chi connectivity index (χ2v) is 8.46. The fraction of sp³-hybridized carbons (Fsp3) is 0.259. The lowest BCUT2D eigenvalue weighted by Crippen LogP contribution is -2.17. The Bertz CT molecular complexity index is 1410. The Balaban J connectivity index is 1.39. The topological polar surface area (TPSA) is 78.9 Å². The number of ether oxygens (including phenoxy) is 4. The molecule has 0 radical (unpaired) electrons. The average Bonchev–Trinajstić information content (AvgIpc) is 3.56. The minimum absolute atomic E-state index is 0.0301. The van der Waals surface area contributed by atoms with Crippen LogP contribution in [-0.2, 0) is 11.2 Å². The van der Waals surface area contributed by atoms with Crippen LogP contribution in [0, 0.1) is 0 Å². The summed E-state index contributed by atoms with van der Waals surface area (Å²) in [6.07, 6.45) is 3.40. The summed E-state index contributed by atoms with van der Waals surface area (Å²) in [5.74, 6) is 2.77. The number of aromatic nitrogens is 1. The molecule has 2 aliphatic heterocycles. The number of nitrogens with one attached hydrogen (secondary N) is 1. The van der Waals surface area contributed by atoms with Gasteiger partial charge < -0.3 is 24.3 Å². The van der Waals surface area contributed by atoms with Crippen molar-refractivity contribution in [1.82, 2.24) is 10.3 Å². The van der Waals surface area contributed by atoms with E-state index in [9.17, 15) is 4.79 Å². The molecule has 6 rings (SSSR count). The quantitative estimate of drug-likeness (QED) is 0.471. The number of carbonyl (C=O) groups is 1. The van der Waals surface area contributed by atoms with Crippen LogP contribution in [0.4, 0.5) is 0 Å². The lowest BCUT2D eigenvalue weighted by atomic mass is 10.0. The molecule has 2 aliphatic rings. The number of hydrogen-bond acceptors (Lipinski definition) is 6. The second-order valence-electron chi connectivity index (χ2n) is 8.46. The van der Waals surface area contributed by atoms with E-state index in [1.807, 2.05) is 48.5 Å². The van der Waals surface area contributed by atoms with Crippen LogP contribution in [-0.4, -0.2) is 43.9 Å². The van der Waals surface area contributed by atoms with Gasteiger partial charge in [-0.3, -0.25) is 9.78 Å². The first-order valence-electron chi connectivity index (χ1n) is 11.5. The molecule has 0 spiro atoms. The van der Waals surface area contributed by atoms with E-state index in [4.69, 9.17) is 18.9 Å². The van der Waals surface area contributed by atoms with Gasteiger partial charge >= 0.3 is 0 Å². The number of pyridine rings is 1. The van der Waals surface area contributed by atoms with E-state index < -0.39 is 0 Å². The lowest BCUT2D eigenvalue weighted by Gasteiger charge is -2.17. The van der Waals surface area contributed by atoms with Crippen molar-refractivity contribution in [2.24, 2.45) is 0 Å². The SMILES string of the molecule is CNC(=O)c1cccc2cc(Oc3ccnc4cc(O[C@@H]5CCOC5)c5c(c34)CCO5)ccc12. The van der Waals surface area contributed by atoms with E-state index in [1.165, 1.54) is 0 Å². The Kier molecular flexibility index (Phi) is 5.19. The summed E-state index contributed by atoms with van der Waals surface area (Å²) in [5.41, 5.74) is 2.49. The van der Waals surface area contributed by atoms with Crippen LogP contribution in [0.2, 0.25) is 0 Å². The second kappa shape index (κ2) is 8.50. The number of carbonyl (C=O) groups excluding carboxylic acids is 1. The fourth-order valence-corrected chi connectivity index (χ4v) is 4.72. The van der Waals surface area contributed by atoms with Crippen molar-refractivity contribution in [1.29, 1.82) is 0 Å². The molecule has 172 valence electrons.